The molecule has 5 nitrogen and oxygen atoms in total. The lowest BCUT2D eigenvalue weighted by Gasteiger charge is -1.94. The molecule has 78 valence electrons. The predicted molar refractivity (Wildman–Crippen MR) is 56.4 cm³/mol. The predicted octanol–water partition coefficient (Wildman–Crippen LogP) is 1.87. The molecule has 1 unspecified atom stereocenters. The average molecular weight is 224 g/mol. The Morgan fingerprint density at radius 2 is 1.93 bits per heavy atom. The molecule has 2 aromatic rings. The van der Waals surface area contributed by atoms with Gasteiger partial charge in [0.15, 0.2) is 5.82 Å². The van der Waals surface area contributed by atoms with Crippen molar-refractivity contribution < 1.29 is 0 Å². The summed E-state index contributed by atoms with van der Waals surface area (Å²) in [6.45, 7) is 3.75. The Morgan fingerprint density at radius 1 is 1.27 bits per heavy atom. The van der Waals surface area contributed by atoms with Crippen LogP contribution in [0.4, 0.5) is 0 Å². The van der Waals surface area contributed by atoms with Crippen LogP contribution in [0.5, 0.6) is 0 Å². The molecular formula is C9H10ClN5. The third kappa shape index (κ3) is 2.12. The zero-order chi connectivity index (χ0) is 10.8. The van der Waals surface area contributed by atoms with Gasteiger partial charge >= 0.3 is 0 Å². The van der Waals surface area contributed by atoms with Crippen molar-refractivity contribution in [2.45, 2.75) is 19.2 Å². The minimum absolute atomic E-state index is 0.198. The van der Waals surface area contributed by atoms with E-state index in [1.807, 2.05) is 13.8 Å². The van der Waals surface area contributed by atoms with Crippen LogP contribution in [0.3, 0.4) is 0 Å². The number of alkyl halides is 1. The Morgan fingerprint density at radius 3 is 2.47 bits per heavy atom. The van der Waals surface area contributed by atoms with Gasteiger partial charge in [-0.2, -0.15) is 0 Å². The van der Waals surface area contributed by atoms with Crippen molar-refractivity contribution in [3.05, 3.63) is 23.8 Å². The number of aromatic amines is 1. The quantitative estimate of drug-likeness (QED) is 0.790. The van der Waals surface area contributed by atoms with E-state index in [-0.39, 0.29) is 5.38 Å². The van der Waals surface area contributed by atoms with Crippen molar-refractivity contribution in [1.29, 1.82) is 0 Å². The minimum atomic E-state index is -0.198. The Balaban J connectivity index is 2.33. The van der Waals surface area contributed by atoms with Gasteiger partial charge in [-0.05, 0) is 19.4 Å². The minimum Gasteiger partial charge on any atom is -0.261 e. The van der Waals surface area contributed by atoms with Crippen molar-refractivity contribution in [2.75, 3.05) is 0 Å². The highest BCUT2D eigenvalue weighted by Gasteiger charge is 2.11. The summed E-state index contributed by atoms with van der Waals surface area (Å²) in [5, 5.41) is 6.54. The van der Waals surface area contributed by atoms with Crippen molar-refractivity contribution in [1.82, 2.24) is 25.1 Å². The van der Waals surface area contributed by atoms with E-state index in [1.165, 1.54) is 0 Å². The number of nitrogens with zero attached hydrogens (tertiary/aromatic N) is 4. The van der Waals surface area contributed by atoms with Crippen molar-refractivity contribution in [3.8, 4) is 11.6 Å². The van der Waals surface area contributed by atoms with Gasteiger partial charge in [0.1, 0.15) is 5.82 Å². The number of rotatable bonds is 2. The fraction of sp³-hybridized carbons (Fsp3) is 0.333. The van der Waals surface area contributed by atoms with Crippen LogP contribution in [0.25, 0.3) is 11.6 Å². The summed E-state index contributed by atoms with van der Waals surface area (Å²) in [5.41, 5.74) is 1.00. The molecule has 2 heterocycles. The molecule has 6 heteroatoms. The van der Waals surface area contributed by atoms with E-state index in [0.29, 0.717) is 17.5 Å². The maximum atomic E-state index is 5.85. The lowest BCUT2D eigenvalue weighted by atomic mass is 10.4. The highest BCUT2D eigenvalue weighted by atomic mass is 35.5. The van der Waals surface area contributed by atoms with Crippen molar-refractivity contribution in [2.24, 2.45) is 0 Å². The van der Waals surface area contributed by atoms with Gasteiger partial charge in [-0.3, -0.25) is 5.10 Å². The summed E-state index contributed by atoms with van der Waals surface area (Å²) >= 11 is 5.85. The zero-order valence-electron chi connectivity index (χ0n) is 8.40. The normalized spacial score (nSPS) is 12.7. The highest BCUT2D eigenvalue weighted by Crippen LogP contribution is 2.17. The number of hydrogen-bond donors (Lipinski definition) is 1. The Labute approximate surface area is 91.9 Å². The molecule has 0 saturated carbocycles. The smallest absolute Gasteiger partial charge is 0.219 e. The molecule has 0 aliphatic rings. The fourth-order valence-corrected chi connectivity index (χ4v) is 1.16. The first kappa shape index (κ1) is 10.0. The molecule has 0 aliphatic heterocycles. The molecule has 2 rings (SSSR count). The van der Waals surface area contributed by atoms with E-state index in [2.05, 4.69) is 25.1 Å². The van der Waals surface area contributed by atoms with Gasteiger partial charge in [-0.25, -0.2) is 15.0 Å². The van der Waals surface area contributed by atoms with Gasteiger partial charge in [0.2, 0.25) is 5.82 Å². The first-order valence-electron chi connectivity index (χ1n) is 4.52. The van der Waals surface area contributed by atoms with E-state index in [0.717, 1.165) is 5.56 Å². The zero-order valence-corrected chi connectivity index (χ0v) is 9.15. The van der Waals surface area contributed by atoms with Gasteiger partial charge in [0.05, 0.1) is 5.38 Å². The topological polar surface area (TPSA) is 67.3 Å². The van der Waals surface area contributed by atoms with Gasteiger partial charge in [0, 0.05) is 12.4 Å². The molecule has 1 atom stereocenters. The van der Waals surface area contributed by atoms with Crippen LogP contribution in [0.1, 0.15) is 23.7 Å². The van der Waals surface area contributed by atoms with Crippen LogP contribution in [0.2, 0.25) is 0 Å². The molecule has 0 aliphatic carbocycles. The molecule has 0 bridgehead atoms. The summed E-state index contributed by atoms with van der Waals surface area (Å²) in [6.07, 6.45) is 3.45. The second-order valence-corrected chi connectivity index (χ2v) is 3.90. The first-order valence-corrected chi connectivity index (χ1v) is 4.96. The van der Waals surface area contributed by atoms with Crippen LogP contribution < -0.4 is 0 Å². The van der Waals surface area contributed by atoms with E-state index < -0.39 is 0 Å². The van der Waals surface area contributed by atoms with E-state index in [1.54, 1.807) is 12.4 Å². The SMILES string of the molecule is Cc1cnc(-c2n[nH]c(C(C)Cl)n2)nc1. The summed E-state index contributed by atoms with van der Waals surface area (Å²) in [6, 6.07) is 0. The largest absolute Gasteiger partial charge is 0.261 e. The molecule has 0 spiro atoms. The third-order valence-corrected chi connectivity index (χ3v) is 2.07. The van der Waals surface area contributed by atoms with Gasteiger partial charge in [-0.15, -0.1) is 16.7 Å². The lowest BCUT2D eigenvalue weighted by Crippen LogP contribution is -1.91. The van der Waals surface area contributed by atoms with Crippen LogP contribution in [0, 0.1) is 6.92 Å². The first-order chi connectivity index (χ1) is 7.16. The molecular weight excluding hydrogens is 214 g/mol. The monoisotopic (exact) mass is 223 g/mol. The summed E-state index contributed by atoms with van der Waals surface area (Å²) in [4.78, 5) is 12.4. The number of aromatic nitrogens is 5. The summed E-state index contributed by atoms with van der Waals surface area (Å²) < 4.78 is 0. The second-order valence-electron chi connectivity index (χ2n) is 3.24. The average Bonchev–Trinajstić information content (AvgIpc) is 2.68. The number of H-pyrrole nitrogens is 1. The highest BCUT2D eigenvalue weighted by molar-refractivity contribution is 6.20. The number of aryl methyl sites for hydroxylation is 1. The van der Waals surface area contributed by atoms with E-state index >= 15 is 0 Å². The van der Waals surface area contributed by atoms with Gasteiger partial charge in [0.25, 0.3) is 0 Å². The molecule has 15 heavy (non-hydrogen) atoms. The second kappa shape index (κ2) is 3.94. The van der Waals surface area contributed by atoms with Crippen molar-refractivity contribution >= 4 is 11.6 Å². The van der Waals surface area contributed by atoms with Crippen molar-refractivity contribution in [3.63, 3.8) is 0 Å². The third-order valence-electron chi connectivity index (χ3n) is 1.86. The van der Waals surface area contributed by atoms with Crippen LogP contribution >= 0.6 is 11.6 Å². The molecule has 0 amide bonds. The molecule has 0 fully saturated rings. The summed E-state index contributed by atoms with van der Waals surface area (Å²) in [7, 11) is 0. The number of hydrogen-bond acceptors (Lipinski definition) is 4. The van der Waals surface area contributed by atoms with Crippen LogP contribution in [-0.2, 0) is 0 Å². The molecule has 2 aromatic heterocycles. The molecule has 0 saturated heterocycles. The molecule has 0 radical (unpaired) electrons. The lowest BCUT2D eigenvalue weighted by molar-refractivity contribution is 0.918. The number of nitrogens with one attached hydrogen (secondary N) is 1. The Hall–Kier alpha value is -1.49. The van der Waals surface area contributed by atoms with Gasteiger partial charge in [-0.1, -0.05) is 0 Å². The van der Waals surface area contributed by atoms with E-state index in [4.69, 9.17) is 11.6 Å². The summed E-state index contributed by atoms with van der Waals surface area (Å²) in [5.74, 6) is 1.59. The Kier molecular flexibility index (Phi) is 2.64. The number of halogens is 1. The maximum Gasteiger partial charge on any atom is 0.219 e. The fourth-order valence-electron chi connectivity index (χ4n) is 1.06. The van der Waals surface area contributed by atoms with Crippen LogP contribution in [0.15, 0.2) is 12.4 Å². The molecule has 1 N–H and O–H groups in total. The maximum absolute atomic E-state index is 5.85. The van der Waals surface area contributed by atoms with E-state index in [9.17, 15) is 0 Å². The van der Waals surface area contributed by atoms with Crippen LogP contribution in [-0.4, -0.2) is 25.1 Å². The molecule has 0 aromatic carbocycles. The van der Waals surface area contributed by atoms with Gasteiger partial charge < -0.3 is 0 Å². The standard InChI is InChI=1S/C9H10ClN5/c1-5-3-11-8(12-4-5)9-13-7(6(2)10)14-15-9/h3-4,6H,1-2H3,(H,13,14,15). The Bertz CT molecular complexity index is 448.